The van der Waals surface area contributed by atoms with Gasteiger partial charge in [0.15, 0.2) is 17.8 Å². The molecule has 194 valence electrons. The molecule has 1 heterocycles. The largest absolute Gasteiger partial charge is 0.479 e. The van der Waals surface area contributed by atoms with Crippen LogP contribution >= 0.6 is 0 Å². The number of hydrogen-bond donors (Lipinski definition) is 7. The van der Waals surface area contributed by atoms with E-state index in [1.165, 1.54) is 0 Å². The maximum Gasteiger partial charge on any atom is 0.335 e. The number of carboxylic acid groups (broad SMARTS) is 2. The second kappa shape index (κ2) is 10.5. The molecule has 7 N–H and O–H groups in total. The quantitative estimate of drug-likeness (QED) is 0.254. The van der Waals surface area contributed by atoms with E-state index in [-0.39, 0.29) is 12.8 Å². The van der Waals surface area contributed by atoms with Gasteiger partial charge in [0, 0.05) is 25.3 Å². The first-order valence-electron chi connectivity index (χ1n) is 11.3. The highest BCUT2D eigenvalue weighted by atomic mass is 19.3. The van der Waals surface area contributed by atoms with Crippen LogP contribution in [0.25, 0.3) is 0 Å². The summed E-state index contributed by atoms with van der Waals surface area (Å²) >= 11 is 0. The van der Waals surface area contributed by atoms with Gasteiger partial charge < -0.3 is 36.2 Å². The molecule has 1 saturated heterocycles. The Morgan fingerprint density at radius 2 is 1.60 bits per heavy atom. The zero-order valence-electron chi connectivity index (χ0n) is 18.8. The normalized spacial score (nSPS) is 29.5. The number of hydrogen-bond acceptors (Lipinski definition) is 7. The van der Waals surface area contributed by atoms with Crippen molar-refractivity contribution >= 4 is 17.8 Å². The predicted molar refractivity (Wildman–Crippen MR) is 116 cm³/mol. The summed E-state index contributed by atoms with van der Waals surface area (Å²) in [5, 5.41) is 49.9. The van der Waals surface area contributed by atoms with Gasteiger partial charge in [-0.2, -0.15) is 0 Å². The van der Waals surface area contributed by atoms with Crippen LogP contribution in [0.2, 0.25) is 0 Å². The summed E-state index contributed by atoms with van der Waals surface area (Å²) in [6, 6.07) is 8.51. The number of aliphatic carboxylic acids is 2. The third-order valence-electron chi connectivity index (χ3n) is 7.13. The maximum absolute atomic E-state index is 13.7. The minimum atomic E-state index is -2.81. The lowest BCUT2D eigenvalue weighted by molar-refractivity contribution is -0.165. The van der Waals surface area contributed by atoms with Crippen LogP contribution < -0.4 is 10.6 Å². The van der Waals surface area contributed by atoms with Crippen molar-refractivity contribution in [3.8, 4) is 0 Å². The molecule has 0 aromatic heterocycles. The topological polar surface area (TPSA) is 176 Å². The van der Waals surface area contributed by atoms with Crippen molar-refractivity contribution in [3.05, 3.63) is 35.9 Å². The first kappa shape index (κ1) is 26.9. The van der Waals surface area contributed by atoms with Crippen molar-refractivity contribution in [2.45, 2.75) is 43.0 Å². The number of rotatable bonds is 8. The van der Waals surface area contributed by atoms with Crippen molar-refractivity contribution in [3.63, 3.8) is 0 Å². The highest BCUT2D eigenvalue weighted by Gasteiger charge is 2.55. The first-order valence-corrected chi connectivity index (χ1v) is 11.3. The molecule has 3 aliphatic rings. The van der Waals surface area contributed by atoms with Gasteiger partial charge >= 0.3 is 11.9 Å². The van der Waals surface area contributed by atoms with Crippen LogP contribution in [0.1, 0.15) is 24.8 Å². The van der Waals surface area contributed by atoms with E-state index in [4.69, 9.17) is 20.4 Å². The van der Waals surface area contributed by atoms with Gasteiger partial charge in [-0.05, 0) is 42.8 Å². The fraction of sp³-hybridized carbons (Fsp3) is 0.609. The van der Waals surface area contributed by atoms with Crippen molar-refractivity contribution in [1.82, 2.24) is 10.6 Å². The molecular weight excluding hydrogens is 470 g/mol. The number of piperidine rings is 1. The van der Waals surface area contributed by atoms with Crippen LogP contribution in [0.5, 0.6) is 0 Å². The summed E-state index contributed by atoms with van der Waals surface area (Å²) in [5.74, 6) is -6.03. The zero-order valence-corrected chi connectivity index (χ0v) is 18.8. The first-order chi connectivity index (χ1) is 16.4. The second-order valence-electron chi connectivity index (χ2n) is 9.35. The Kier molecular flexibility index (Phi) is 8.10. The van der Waals surface area contributed by atoms with E-state index in [2.05, 4.69) is 10.6 Å². The summed E-state index contributed by atoms with van der Waals surface area (Å²) in [7, 11) is 0. The molecular formula is C23H30F2N2O8. The molecule has 7 atom stereocenters. The number of amides is 1. The number of nitrogens with one attached hydrogen (secondary N) is 2. The number of fused-ring (bicyclic) bond motifs is 1. The maximum atomic E-state index is 13.7. The highest BCUT2D eigenvalue weighted by molar-refractivity contribution is 5.87. The molecule has 1 amide bonds. The predicted octanol–water partition coefficient (Wildman–Crippen LogP) is -0.231. The molecule has 1 aromatic rings. The molecule has 1 aliphatic heterocycles. The molecule has 2 aliphatic carbocycles. The minimum absolute atomic E-state index is 0.143. The molecule has 4 rings (SSSR count). The van der Waals surface area contributed by atoms with Crippen LogP contribution in [0.15, 0.2) is 30.3 Å². The van der Waals surface area contributed by atoms with Gasteiger partial charge in [0.2, 0.25) is 5.92 Å². The van der Waals surface area contributed by atoms with E-state index < -0.39 is 53.9 Å². The molecule has 3 fully saturated rings. The smallest absolute Gasteiger partial charge is 0.335 e. The van der Waals surface area contributed by atoms with Crippen LogP contribution in [0.3, 0.4) is 0 Å². The van der Waals surface area contributed by atoms with E-state index in [9.17, 15) is 28.3 Å². The Hall–Kier alpha value is -2.67. The van der Waals surface area contributed by atoms with Crippen molar-refractivity contribution < 1.29 is 48.7 Å². The van der Waals surface area contributed by atoms with Crippen LogP contribution in [0, 0.1) is 23.7 Å². The fourth-order valence-electron chi connectivity index (χ4n) is 5.02. The molecule has 10 nitrogen and oxygen atoms in total. The van der Waals surface area contributed by atoms with Gasteiger partial charge in [-0.1, -0.05) is 30.3 Å². The number of halogens is 2. The fourth-order valence-corrected chi connectivity index (χ4v) is 5.02. The minimum Gasteiger partial charge on any atom is -0.479 e. The van der Waals surface area contributed by atoms with E-state index in [0.717, 1.165) is 13.1 Å². The Morgan fingerprint density at radius 3 is 2.06 bits per heavy atom. The van der Waals surface area contributed by atoms with Gasteiger partial charge in [0.25, 0.3) is 5.91 Å². The monoisotopic (exact) mass is 500 g/mol. The van der Waals surface area contributed by atoms with Crippen LogP contribution in [0.4, 0.5) is 8.78 Å². The number of carbonyl (C=O) groups excluding carboxylic acids is 1. The van der Waals surface area contributed by atoms with E-state index in [0.29, 0.717) is 29.9 Å². The lowest BCUT2D eigenvalue weighted by Gasteiger charge is -2.33. The van der Waals surface area contributed by atoms with Gasteiger partial charge in [-0.25, -0.2) is 18.4 Å². The molecule has 35 heavy (non-hydrogen) atoms. The zero-order chi connectivity index (χ0) is 26.0. The number of aliphatic hydroxyl groups is 3. The number of carboxylic acids is 2. The Bertz CT molecular complexity index is 905. The van der Waals surface area contributed by atoms with Gasteiger partial charge in [-0.3, -0.25) is 4.79 Å². The van der Waals surface area contributed by atoms with Gasteiger partial charge in [0.1, 0.15) is 0 Å². The average molecular weight is 500 g/mol. The molecule has 2 saturated carbocycles. The van der Waals surface area contributed by atoms with E-state index in [1.807, 2.05) is 0 Å². The number of aliphatic hydroxyl groups excluding tert-OH is 2. The summed E-state index contributed by atoms with van der Waals surface area (Å²) in [6.45, 7) is 2.46. The third kappa shape index (κ3) is 5.95. The van der Waals surface area contributed by atoms with Crippen molar-refractivity contribution in [2.75, 3.05) is 19.6 Å². The summed E-state index contributed by atoms with van der Waals surface area (Å²) in [6.07, 6.45) is -5.12. The van der Waals surface area contributed by atoms with Gasteiger partial charge in [-0.15, -0.1) is 0 Å². The Balaban J connectivity index is 0.000000292. The van der Waals surface area contributed by atoms with E-state index >= 15 is 0 Å². The third-order valence-corrected chi connectivity index (χ3v) is 7.13. The number of carbonyl (C=O) groups is 3. The summed E-state index contributed by atoms with van der Waals surface area (Å²) < 4.78 is 27.5. The highest BCUT2D eigenvalue weighted by Crippen LogP contribution is 2.49. The standard InChI is InChI=1S/C19H24F2N2O2.C4H6O6/c20-18(21)7-6-13(8-18)19(25,12-4-2-1-3-5-12)17(24)23-11-16-14-9-22-10-15(14)16;5-1(3(7)8)2(6)4(9)10/h1-5,13-16,22,25H,6-11H2,(H,23,24);1-2,5-6H,(H,7,8)(H,9,10)/t13?,14-,15+,16?,19?;. The molecule has 5 unspecified atom stereocenters. The number of alkyl halides is 2. The SMILES string of the molecule is O=C(NCC1[C@H]2CNC[C@@H]12)C(O)(c1ccccc1)C1CCC(F)(F)C1.O=C(O)C(O)C(O)C(=O)O. The average Bonchev–Trinajstić information content (AvgIpc) is 3.12. The summed E-state index contributed by atoms with van der Waals surface area (Å²) in [5.41, 5.74) is -1.50. The van der Waals surface area contributed by atoms with Crippen LogP contribution in [-0.2, 0) is 20.0 Å². The molecule has 0 bridgehead atoms. The Morgan fingerprint density at radius 1 is 1.06 bits per heavy atom. The second-order valence-corrected chi connectivity index (χ2v) is 9.35. The van der Waals surface area contributed by atoms with Crippen molar-refractivity contribution in [2.24, 2.45) is 23.7 Å². The molecule has 0 spiro atoms. The van der Waals surface area contributed by atoms with Crippen molar-refractivity contribution in [1.29, 1.82) is 0 Å². The van der Waals surface area contributed by atoms with Gasteiger partial charge in [0.05, 0.1) is 0 Å². The van der Waals surface area contributed by atoms with E-state index in [1.54, 1.807) is 30.3 Å². The molecule has 1 aromatic carbocycles. The lowest BCUT2D eigenvalue weighted by atomic mass is 9.79. The molecule has 12 heteroatoms. The number of benzene rings is 1. The molecule has 0 radical (unpaired) electrons. The Labute approximate surface area is 200 Å². The van der Waals surface area contributed by atoms with Crippen LogP contribution in [-0.4, -0.2) is 81.1 Å². The summed E-state index contributed by atoms with van der Waals surface area (Å²) in [4.78, 5) is 32.4. The lowest BCUT2D eigenvalue weighted by Crippen LogP contribution is -2.50.